The molecule has 5 nitrogen and oxygen atoms in total. The van der Waals surface area contributed by atoms with Gasteiger partial charge in [-0.3, -0.25) is 9.55 Å². The highest BCUT2D eigenvalue weighted by molar-refractivity contribution is 5.98. The van der Waals surface area contributed by atoms with Crippen LogP contribution in [0, 0.1) is 6.57 Å². The number of benzene rings is 5. The van der Waals surface area contributed by atoms with E-state index in [2.05, 4.69) is 89.8 Å². The van der Waals surface area contributed by atoms with Crippen LogP contribution in [0.3, 0.4) is 0 Å². The second kappa shape index (κ2) is 13.5. The average molecular weight is 696 g/mol. The second-order valence-corrected chi connectivity index (χ2v) is 16.0. The van der Waals surface area contributed by atoms with Gasteiger partial charge in [0.1, 0.15) is 11.6 Å². The quantitative estimate of drug-likeness (QED) is 0.176. The third kappa shape index (κ3) is 6.51. The molecule has 5 aromatic carbocycles. The number of aromatic hydroxyl groups is 1. The smallest absolute Gasteiger partial charge is 0.198 e. The molecule has 5 heteroatoms. The summed E-state index contributed by atoms with van der Waals surface area (Å²) in [6.07, 6.45) is 1.79. The lowest BCUT2D eigenvalue weighted by Crippen LogP contribution is -2.18. The zero-order valence-corrected chi connectivity index (χ0v) is 31.8. The van der Waals surface area contributed by atoms with Crippen LogP contribution in [-0.4, -0.2) is 19.6 Å². The van der Waals surface area contributed by atoms with Gasteiger partial charge in [0.15, 0.2) is 5.69 Å². The normalized spacial score (nSPS) is 12.5. The lowest BCUT2D eigenvalue weighted by Gasteiger charge is -2.30. The topological polar surface area (TPSA) is 55.3 Å². The monoisotopic (exact) mass is 695 g/mol. The van der Waals surface area contributed by atoms with Crippen molar-refractivity contribution in [2.45, 2.75) is 72.1 Å². The van der Waals surface area contributed by atoms with Crippen molar-refractivity contribution in [2.24, 2.45) is 0 Å². The minimum atomic E-state index is -0.865. The zero-order valence-electron chi connectivity index (χ0n) is 32.8. The van der Waals surface area contributed by atoms with Gasteiger partial charge >= 0.3 is 0 Å². The molecule has 2 aromatic heterocycles. The largest absolute Gasteiger partial charge is 0.508 e. The molecule has 53 heavy (non-hydrogen) atoms. The average Bonchev–Trinajstić information content (AvgIpc) is 3.53. The molecule has 0 amide bonds. The predicted octanol–water partition coefficient (Wildman–Crippen LogP) is 13.1. The van der Waals surface area contributed by atoms with Gasteiger partial charge in [-0.15, -0.1) is 0 Å². The van der Waals surface area contributed by atoms with Crippen LogP contribution in [0.25, 0.3) is 66.5 Å². The number of nitrogens with zero attached hydrogens (tertiary/aromatic N) is 4. The summed E-state index contributed by atoms with van der Waals surface area (Å²) in [5, 5.41) is 12.4. The summed E-state index contributed by atoms with van der Waals surface area (Å²) in [4.78, 5) is 14.2. The van der Waals surface area contributed by atoms with Crippen molar-refractivity contribution in [1.29, 1.82) is 0 Å². The Kier molecular flexibility index (Phi) is 8.71. The molecule has 0 saturated carbocycles. The number of rotatable bonds is 6. The third-order valence-electron chi connectivity index (χ3n) is 9.88. The number of phenolic OH excluding ortho intramolecular Hbond substituents is 1. The zero-order chi connectivity index (χ0) is 38.6. The van der Waals surface area contributed by atoms with E-state index in [1.165, 1.54) is 0 Å². The first kappa shape index (κ1) is 34.1. The van der Waals surface area contributed by atoms with Crippen molar-refractivity contribution in [2.75, 3.05) is 0 Å². The highest BCUT2D eigenvalue weighted by Gasteiger charge is 2.33. The van der Waals surface area contributed by atoms with Gasteiger partial charge in [-0.25, -0.2) is 9.83 Å². The standard InChI is InChI=1S/C48H46N4O/c1-30(2)32-26-33(28-34(27-32)39-22-15-16-25-50-39)36-21-17-24-41-43(36)51-46(52(41)40-23-14-13-20-35(40)31-18-11-10-12-19-31)37-29-38(47(3,4)5)44(49-9)42(45(37)53)48(6,7)8/h10-30,53H,1-8H3/i30D. The van der Waals surface area contributed by atoms with Crippen LogP contribution in [0.4, 0.5) is 5.69 Å². The maximum absolute atomic E-state index is 12.4. The van der Waals surface area contributed by atoms with E-state index in [1.54, 1.807) is 6.20 Å². The first-order valence-electron chi connectivity index (χ1n) is 18.6. The van der Waals surface area contributed by atoms with Crippen LogP contribution in [-0.2, 0) is 10.8 Å². The number of phenols is 1. The molecular weight excluding hydrogens is 649 g/mol. The maximum atomic E-state index is 12.4. The summed E-state index contributed by atoms with van der Waals surface area (Å²) in [5.41, 5.74) is 10.6. The minimum Gasteiger partial charge on any atom is -0.508 e. The Morgan fingerprint density at radius 1 is 0.717 bits per heavy atom. The van der Waals surface area contributed by atoms with Crippen LogP contribution < -0.4 is 0 Å². The summed E-state index contributed by atoms with van der Waals surface area (Å²) in [5.74, 6) is -0.226. The van der Waals surface area contributed by atoms with Gasteiger partial charge < -0.3 is 5.11 Å². The highest BCUT2D eigenvalue weighted by Crippen LogP contribution is 2.50. The Labute approximate surface area is 314 Å². The summed E-state index contributed by atoms with van der Waals surface area (Å²) >= 11 is 0. The fourth-order valence-corrected chi connectivity index (χ4v) is 7.27. The molecule has 0 saturated heterocycles. The van der Waals surface area contributed by atoms with E-state index in [1.807, 2.05) is 95.3 Å². The third-order valence-corrected chi connectivity index (χ3v) is 9.88. The first-order valence-corrected chi connectivity index (χ1v) is 18.1. The summed E-state index contributed by atoms with van der Waals surface area (Å²) in [7, 11) is 0. The predicted molar refractivity (Wildman–Crippen MR) is 220 cm³/mol. The summed E-state index contributed by atoms with van der Waals surface area (Å²) in [6.45, 7) is 24.5. The molecule has 0 aliphatic carbocycles. The fraction of sp³-hybridized carbons (Fsp3) is 0.229. The molecule has 0 unspecified atom stereocenters. The van der Waals surface area contributed by atoms with Crippen molar-refractivity contribution in [3.8, 4) is 56.3 Å². The van der Waals surface area contributed by atoms with E-state index in [4.69, 9.17) is 12.9 Å². The molecule has 0 bridgehead atoms. The lowest BCUT2D eigenvalue weighted by molar-refractivity contribution is 0.448. The summed E-state index contributed by atoms with van der Waals surface area (Å²) < 4.78 is 11.2. The molecule has 2 heterocycles. The van der Waals surface area contributed by atoms with E-state index in [0.717, 1.165) is 61.4 Å². The van der Waals surface area contributed by atoms with Crippen molar-refractivity contribution < 1.29 is 6.48 Å². The van der Waals surface area contributed by atoms with E-state index in [9.17, 15) is 5.11 Å². The van der Waals surface area contributed by atoms with E-state index < -0.39 is 16.7 Å². The first-order chi connectivity index (χ1) is 25.6. The highest BCUT2D eigenvalue weighted by atomic mass is 16.3. The van der Waals surface area contributed by atoms with Crippen molar-refractivity contribution >= 4 is 16.7 Å². The maximum Gasteiger partial charge on any atom is 0.198 e. The molecule has 264 valence electrons. The second-order valence-electron chi connectivity index (χ2n) is 16.0. The van der Waals surface area contributed by atoms with Crippen molar-refractivity contribution in [3.63, 3.8) is 0 Å². The van der Waals surface area contributed by atoms with Gasteiger partial charge in [0, 0.05) is 29.8 Å². The Balaban J connectivity index is 1.63. The number of hydrogen-bond acceptors (Lipinski definition) is 3. The Morgan fingerprint density at radius 2 is 1.40 bits per heavy atom. The number of fused-ring (bicyclic) bond motifs is 1. The molecule has 0 atom stereocenters. The van der Waals surface area contributed by atoms with Crippen LogP contribution >= 0.6 is 0 Å². The van der Waals surface area contributed by atoms with Gasteiger partial charge in [0.05, 0.1) is 34.6 Å². The van der Waals surface area contributed by atoms with Gasteiger partial charge in [0.25, 0.3) is 0 Å². The van der Waals surface area contributed by atoms with Gasteiger partial charge in [0.2, 0.25) is 0 Å². The molecular formula is C48H46N4O. The van der Waals surface area contributed by atoms with Crippen LogP contribution in [0.2, 0.25) is 0 Å². The van der Waals surface area contributed by atoms with E-state index in [0.29, 0.717) is 22.6 Å². The molecule has 0 fully saturated rings. The number of aromatic nitrogens is 3. The number of hydrogen-bond donors (Lipinski definition) is 1. The molecule has 0 radical (unpaired) electrons. The fourth-order valence-electron chi connectivity index (χ4n) is 7.27. The number of imidazole rings is 1. The Morgan fingerprint density at radius 3 is 2.06 bits per heavy atom. The Hall–Kier alpha value is -5.99. The van der Waals surface area contributed by atoms with Crippen molar-refractivity contribution in [1.82, 2.24) is 14.5 Å². The summed E-state index contributed by atoms with van der Waals surface area (Å²) in [6, 6.07) is 38.9. The Bertz CT molecular complexity index is 2560. The van der Waals surface area contributed by atoms with E-state index >= 15 is 0 Å². The van der Waals surface area contributed by atoms with Gasteiger partial charge in [-0.1, -0.05) is 134 Å². The number of pyridine rings is 1. The SMILES string of the molecule is [2H]C(C)(C)c1cc(-c2ccccn2)cc(-c2cccc3c2nc(-c2cc(C(C)(C)C)c([N+]#[C-])c(C(C)(C)C)c2O)n3-c2ccccc2-c2ccccc2)c1. The molecule has 7 aromatic rings. The molecule has 1 N–H and O–H groups in total. The molecule has 0 aliphatic rings. The van der Waals surface area contributed by atoms with Gasteiger partial charge in [-0.05, 0) is 75.4 Å². The molecule has 0 spiro atoms. The lowest BCUT2D eigenvalue weighted by atomic mass is 9.77. The number of para-hydroxylation sites is 2. The van der Waals surface area contributed by atoms with E-state index in [-0.39, 0.29) is 5.75 Å². The van der Waals surface area contributed by atoms with Crippen LogP contribution in [0.5, 0.6) is 5.75 Å². The van der Waals surface area contributed by atoms with Crippen LogP contribution in [0.1, 0.15) is 79.3 Å². The van der Waals surface area contributed by atoms with Crippen LogP contribution in [0.15, 0.2) is 121 Å². The van der Waals surface area contributed by atoms with Crippen molar-refractivity contribution in [3.05, 3.63) is 150 Å². The molecule has 7 rings (SSSR count). The minimum absolute atomic E-state index is 0.0622. The van der Waals surface area contributed by atoms with Gasteiger partial charge in [-0.2, -0.15) is 0 Å². The molecule has 0 aliphatic heterocycles.